The largest absolute Gasteiger partial charge is 0.0622 e. The molecule has 0 heteroatoms. The minimum Gasteiger partial charge on any atom is -0.0622 e. The van der Waals surface area contributed by atoms with Crippen molar-refractivity contribution in [3.05, 3.63) is 432 Å². The number of hydrogen-bond donors (Lipinski definition) is 0. The maximum atomic E-state index is 2.31. The normalized spacial score (nSPS) is 10.7. The third kappa shape index (κ3) is 17.2. The SMILES string of the molecule is Cc1c(-c2ccc(-c3ccccc3)cc2)cccc1-c1ccc(-c2ccccc2)cc1.Cc1c(-c2ccccc2)cc(-c2ccccc2)cc1-c1ccccc1.Cc1c2ccccc2cc2ccccc12.Cc1cc(C)cc(-c2cccc(-c3cc(C)cc(C)c3)c2C)c1.Cc1cccc2ccccc12. The molecule has 17 aromatic carbocycles. The van der Waals surface area contributed by atoms with Gasteiger partial charge >= 0.3 is 0 Å². The number of aryl methyl sites for hydroxylation is 6. The standard InChI is InChI=1S/C31H24.C25H20.C23H24.C15H12.C11H10/c1-23-30(28-19-15-26(16-20-28)24-9-4-2-5-10-24)13-8-14-31(23)29-21-17-27(18-22-29)25-11-6-3-7-12-25;1-19-24(21-13-7-3-8-14-21)17-23(20-11-5-2-6-12-20)18-25(19)22-15-9-4-10-16-22;1-15-9-16(2)12-20(11-15)22-7-6-8-23(19(22)5)21-13-17(3)10-18(4)14-21;1-11-14-8-4-2-6-12(14)10-13-7-3-5-9-15(11)13;1-9-5-4-7-10-6-2-3-8-11(9)10/h2-22H,1H3;2-18H,1H3;6-14H,1-5H3;2-10H,1H3;2-8H,1H3. The quantitative estimate of drug-likeness (QED) is 0.126. The zero-order valence-corrected chi connectivity index (χ0v) is 61.9. The summed E-state index contributed by atoms with van der Waals surface area (Å²) < 4.78 is 0. The van der Waals surface area contributed by atoms with E-state index in [1.807, 2.05) is 0 Å². The molecule has 0 heterocycles. The van der Waals surface area contributed by atoms with Crippen LogP contribution in [0.2, 0.25) is 0 Å². The Morgan fingerprint density at radius 1 is 0.133 bits per heavy atom. The summed E-state index contributed by atoms with van der Waals surface area (Å²) in [5.74, 6) is 0. The van der Waals surface area contributed by atoms with E-state index in [2.05, 4.69) is 444 Å². The Kier molecular flexibility index (Phi) is 22.7. The first kappa shape index (κ1) is 70.9. The van der Waals surface area contributed by atoms with Crippen molar-refractivity contribution in [2.24, 2.45) is 0 Å². The molecule has 0 aliphatic carbocycles. The third-order valence-electron chi connectivity index (χ3n) is 20.1. The summed E-state index contributed by atoms with van der Waals surface area (Å²) in [5.41, 5.74) is 34.9. The number of benzene rings is 17. The highest BCUT2D eigenvalue weighted by atomic mass is 14.2. The highest BCUT2D eigenvalue weighted by Crippen LogP contribution is 2.39. The van der Waals surface area contributed by atoms with Crippen molar-refractivity contribution in [2.45, 2.75) is 62.3 Å². The zero-order chi connectivity index (χ0) is 72.6. The van der Waals surface area contributed by atoms with Crippen LogP contribution in [0, 0.1) is 62.3 Å². The molecular weight excluding hydrogens is 1260 g/mol. The second-order valence-corrected chi connectivity index (χ2v) is 27.6. The first-order valence-electron chi connectivity index (χ1n) is 36.6. The Hall–Kier alpha value is -12.5. The average molecular weight is 1350 g/mol. The Morgan fingerprint density at radius 2 is 0.390 bits per heavy atom. The molecule has 17 rings (SSSR count). The Morgan fingerprint density at radius 3 is 0.762 bits per heavy atom. The van der Waals surface area contributed by atoms with E-state index < -0.39 is 0 Å². The minimum atomic E-state index is 1.25. The molecule has 0 amide bonds. The molecule has 0 bridgehead atoms. The number of hydrogen-bond acceptors (Lipinski definition) is 0. The lowest BCUT2D eigenvalue weighted by atomic mass is 9.88. The van der Waals surface area contributed by atoms with Crippen molar-refractivity contribution < 1.29 is 0 Å². The molecule has 0 atom stereocenters. The molecule has 0 aliphatic rings. The molecule has 0 nitrogen and oxygen atoms in total. The van der Waals surface area contributed by atoms with E-state index in [9.17, 15) is 0 Å². The van der Waals surface area contributed by atoms with Gasteiger partial charge in [-0.15, -0.1) is 0 Å². The van der Waals surface area contributed by atoms with Gasteiger partial charge in [-0.2, -0.15) is 0 Å². The van der Waals surface area contributed by atoms with Crippen LogP contribution in [-0.4, -0.2) is 0 Å². The third-order valence-corrected chi connectivity index (χ3v) is 20.1. The molecular formula is C105H90. The van der Waals surface area contributed by atoms with Crippen LogP contribution >= 0.6 is 0 Å². The van der Waals surface area contributed by atoms with Gasteiger partial charge in [0.05, 0.1) is 0 Å². The summed E-state index contributed by atoms with van der Waals surface area (Å²) in [7, 11) is 0. The van der Waals surface area contributed by atoms with Crippen LogP contribution in [0.3, 0.4) is 0 Å². The fraction of sp³-hybridized carbons (Fsp3) is 0.0857. The van der Waals surface area contributed by atoms with Gasteiger partial charge in [-0.1, -0.05) is 386 Å². The Bertz CT molecular complexity index is 5420. The van der Waals surface area contributed by atoms with E-state index >= 15 is 0 Å². The van der Waals surface area contributed by atoms with E-state index in [0.29, 0.717) is 0 Å². The van der Waals surface area contributed by atoms with Gasteiger partial charge < -0.3 is 0 Å². The molecule has 510 valence electrons. The summed E-state index contributed by atoms with van der Waals surface area (Å²) in [4.78, 5) is 0. The summed E-state index contributed by atoms with van der Waals surface area (Å²) in [6.45, 7) is 19.7. The van der Waals surface area contributed by atoms with E-state index in [-0.39, 0.29) is 0 Å². The molecule has 0 spiro atoms. The highest BCUT2D eigenvalue weighted by Gasteiger charge is 2.15. The lowest BCUT2D eigenvalue weighted by molar-refractivity contribution is 1.35. The fourth-order valence-electron chi connectivity index (χ4n) is 14.7. The first-order chi connectivity index (χ1) is 51.3. The molecule has 0 N–H and O–H groups in total. The molecule has 0 radical (unpaired) electrons. The minimum absolute atomic E-state index is 1.25. The van der Waals surface area contributed by atoms with Crippen molar-refractivity contribution in [3.8, 4) is 100 Å². The van der Waals surface area contributed by atoms with E-state index in [1.54, 1.807) is 0 Å². The Labute approximate surface area is 623 Å². The van der Waals surface area contributed by atoms with Crippen LogP contribution in [0.5, 0.6) is 0 Å². The molecule has 0 fully saturated rings. The lowest BCUT2D eigenvalue weighted by Crippen LogP contribution is -1.91. The number of fused-ring (bicyclic) bond motifs is 3. The van der Waals surface area contributed by atoms with Crippen LogP contribution in [0.4, 0.5) is 0 Å². The maximum Gasteiger partial charge on any atom is -0.0142 e. The summed E-state index contributed by atoms with van der Waals surface area (Å²) in [6.07, 6.45) is 0. The average Bonchev–Trinajstić information content (AvgIpc) is 0.789. The van der Waals surface area contributed by atoms with E-state index in [0.717, 1.165) is 0 Å². The van der Waals surface area contributed by atoms with Gasteiger partial charge in [-0.3, -0.25) is 0 Å². The van der Waals surface area contributed by atoms with Crippen molar-refractivity contribution in [1.82, 2.24) is 0 Å². The zero-order valence-electron chi connectivity index (χ0n) is 61.9. The molecule has 0 aromatic heterocycles. The predicted molar refractivity (Wildman–Crippen MR) is 456 cm³/mol. The first-order valence-corrected chi connectivity index (χ1v) is 36.6. The van der Waals surface area contributed by atoms with Crippen molar-refractivity contribution in [1.29, 1.82) is 0 Å². The topological polar surface area (TPSA) is 0 Å². The summed E-state index contributed by atoms with van der Waals surface area (Å²) in [5, 5.41) is 8.05. The molecule has 0 saturated heterocycles. The lowest BCUT2D eigenvalue weighted by Gasteiger charge is -2.16. The molecule has 105 heavy (non-hydrogen) atoms. The van der Waals surface area contributed by atoms with Crippen molar-refractivity contribution >= 4 is 32.3 Å². The van der Waals surface area contributed by atoms with E-state index in [1.165, 1.54) is 183 Å². The summed E-state index contributed by atoms with van der Waals surface area (Å²) >= 11 is 0. The highest BCUT2D eigenvalue weighted by molar-refractivity contribution is 6.02. The van der Waals surface area contributed by atoms with Gasteiger partial charge in [0, 0.05) is 0 Å². The second kappa shape index (κ2) is 33.5. The van der Waals surface area contributed by atoms with Gasteiger partial charge in [0.2, 0.25) is 0 Å². The predicted octanol–water partition coefficient (Wildman–Crippen LogP) is 29.7. The second-order valence-electron chi connectivity index (χ2n) is 27.6. The van der Waals surface area contributed by atoms with Gasteiger partial charge in [0.15, 0.2) is 0 Å². The van der Waals surface area contributed by atoms with Crippen LogP contribution in [0.25, 0.3) is 132 Å². The summed E-state index contributed by atoms with van der Waals surface area (Å²) in [6, 6.07) is 136. The Balaban J connectivity index is 0.000000121. The van der Waals surface area contributed by atoms with Gasteiger partial charge in [-0.25, -0.2) is 0 Å². The number of rotatable bonds is 9. The van der Waals surface area contributed by atoms with Crippen LogP contribution in [-0.2, 0) is 0 Å². The monoisotopic (exact) mass is 1350 g/mol. The van der Waals surface area contributed by atoms with Gasteiger partial charge in [0.1, 0.15) is 0 Å². The van der Waals surface area contributed by atoms with Crippen molar-refractivity contribution in [2.75, 3.05) is 0 Å². The molecule has 17 aromatic rings. The maximum absolute atomic E-state index is 2.31. The van der Waals surface area contributed by atoms with E-state index in [4.69, 9.17) is 0 Å². The van der Waals surface area contributed by atoms with Crippen molar-refractivity contribution in [3.63, 3.8) is 0 Å². The molecule has 0 unspecified atom stereocenters. The van der Waals surface area contributed by atoms with Crippen LogP contribution in [0.15, 0.2) is 382 Å². The smallest absolute Gasteiger partial charge is 0.0142 e. The fourth-order valence-corrected chi connectivity index (χ4v) is 14.7. The molecule has 0 aliphatic heterocycles. The van der Waals surface area contributed by atoms with Gasteiger partial charge in [0.25, 0.3) is 0 Å². The van der Waals surface area contributed by atoms with Crippen LogP contribution in [0.1, 0.15) is 50.1 Å². The van der Waals surface area contributed by atoms with Gasteiger partial charge in [-0.05, 0) is 241 Å². The molecule has 0 saturated carbocycles. The van der Waals surface area contributed by atoms with Crippen LogP contribution < -0.4 is 0 Å².